The van der Waals surface area contributed by atoms with Crippen molar-refractivity contribution < 1.29 is 9.90 Å². The molecule has 0 aliphatic heterocycles. The minimum absolute atomic E-state index is 0.470. The number of anilines is 1. The molecule has 5 nitrogen and oxygen atoms in total. The SMILES string of the molecule is C[C@@H](C(=O)O)n1cc(N)cn1. The number of hydrogen-bond acceptors (Lipinski definition) is 3. The number of nitrogens with zero attached hydrogens (tertiary/aromatic N) is 2. The standard InChI is InChI=1S/C6H9N3O2/c1-4(6(10)11)9-3-5(7)2-8-9/h2-4H,7H2,1H3,(H,10,11)/t4-/m0/s1. The van der Waals surface area contributed by atoms with Crippen molar-refractivity contribution in [1.29, 1.82) is 0 Å². The molecule has 0 saturated heterocycles. The Morgan fingerprint density at radius 3 is 2.91 bits per heavy atom. The second-order valence-electron chi connectivity index (χ2n) is 2.27. The Hall–Kier alpha value is -1.52. The average molecular weight is 155 g/mol. The monoisotopic (exact) mass is 155 g/mol. The summed E-state index contributed by atoms with van der Waals surface area (Å²) < 4.78 is 1.30. The van der Waals surface area contributed by atoms with E-state index in [4.69, 9.17) is 10.8 Å². The first-order chi connectivity index (χ1) is 5.11. The van der Waals surface area contributed by atoms with Gasteiger partial charge < -0.3 is 10.8 Å². The number of carboxylic acid groups (broad SMARTS) is 1. The summed E-state index contributed by atoms with van der Waals surface area (Å²) in [7, 11) is 0. The van der Waals surface area contributed by atoms with Gasteiger partial charge in [0, 0.05) is 6.20 Å². The van der Waals surface area contributed by atoms with Crippen LogP contribution in [-0.4, -0.2) is 20.9 Å². The zero-order chi connectivity index (χ0) is 8.43. The number of nitrogen functional groups attached to an aromatic ring is 1. The molecular formula is C6H9N3O2. The van der Waals surface area contributed by atoms with E-state index in [0.717, 1.165) is 0 Å². The first-order valence-electron chi connectivity index (χ1n) is 3.13. The highest BCUT2D eigenvalue weighted by Crippen LogP contribution is 2.06. The normalized spacial score (nSPS) is 12.8. The maximum Gasteiger partial charge on any atom is 0.328 e. The highest BCUT2D eigenvalue weighted by molar-refractivity contribution is 5.71. The zero-order valence-electron chi connectivity index (χ0n) is 6.06. The lowest BCUT2D eigenvalue weighted by molar-refractivity contribution is -0.140. The fraction of sp³-hybridized carbons (Fsp3) is 0.333. The van der Waals surface area contributed by atoms with Crippen molar-refractivity contribution in [2.75, 3.05) is 5.73 Å². The van der Waals surface area contributed by atoms with Gasteiger partial charge in [-0.15, -0.1) is 0 Å². The molecular weight excluding hydrogens is 146 g/mol. The Morgan fingerprint density at radius 2 is 2.55 bits per heavy atom. The van der Waals surface area contributed by atoms with E-state index < -0.39 is 12.0 Å². The van der Waals surface area contributed by atoms with Gasteiger partial charge in [0.05, 0.1) is 11.9 Å². The predicted molar refractivity (Wildman–Crippen MR) is 39.0 cm³/mol. The Labute approximate surface area is 63.4 Å². The minimum atomic E-state index is -0.923. The van der Waals surface area contributed by atoms with E-state index in [1.165, 1.54) is 24.0 Å². The molecule has 3 N–H and O–H groups in total. The molecule has 1 atom stereocenters. The van der Waals surface area contributed by atoms with Gasteiger partial charge in [-0.05, 0) is 6.92 Å². The average Bonchev–Trinajstić information content (AvgIpc) is 2.34. The third-order valence-electron chi connectivity index (χ3n) is 1.38. The molecule has 0 fully saturated rings. The Morgan fingerprint density at radius 1 is 1.91 bits per heavy atom. The molecule has 5 heteroatoms. The van der Waals surface area contributed by atoms with Gasteiger partial charge >= 0.3 is 5.97 Å². The summed E-state index contributed by atoms with van der Waals surface area (Å²) in [4.78, 5) is 10.4. The Balaban J connectivity index is 2.84. The van der Waals surface area contributed by atoms with E-state index in [-0.39, 0.29) is 0 Å². The number of nitrogens with two attached hydrogens (primary N) is 1. The van der Waals surface area contributed by atoms with Crippen LogP contribution < -0.4 is 5.73 Å². The third-order valence-corrected chi connectivity index (χ3v) is 1.38. The van der Waals surface area contributed by atoms with Gasteiger partial charge in [-0.3, -0.25) is 4.68 Å². The van der Waals surface area contributed by atoms with Crippen molar-refractivity contribution in [3.05, 3.63) is 12.4 Å². The fourth-order valence-electron chi connectivity index (χ4n) is 0.678. The number of aliphatic carboxylic acids is 1. The van der Waals surface area contributed by atoms with E-state index in [1.807, 2.05) is 0 Å². The van der Waals surface area contributed by atoms with Crippen LogP contribution in [0, 0.1) is 0 Å². The van der Waals surface area contributed by atoms with Gasteiger partial charge in [0.2, 0.25) is 0 Å². The molecule has 1 aromatic rings. The molecule has 0 aromatic carbocycles. The van der Waals surface area contributed by atoms with Gasteiger partial charge in [0.1, 0.15) is 6.04 Å². The maximum atomic E-state index is 10.4. The lowest BCUT2D eigenvalue weighted by Crippen LogP contribution is -2.15. The zero-order valence-corrected chi connectivity index (χ0v) is 6.06. The smallest absolute Gasteiger partial charge is 0.328 e. The molecule has 0 saturated carbocycles. The van der Waals surface area contributed by atoms with Crippen molar-refractivity contribution in [3.63, 3.8) is 0 Å². The number of hydrogen-bond donors (Lipinski definition) is 2. The van der Waals surface area contributed by atoms with Crippen molar-refractivity contribution in [2.24, 2.45) is 0 Å². The van der Waals surface area contributed by atoms with Crippen LogP contribution in [0.25, 0.3) is 0 Å². The molecule has 0 aliphatic rings. The highest BCUT2D eigenvalue weighted by Gasteiger charge is 2.12. The van der Waals surface area contributed by atoms with Gasteiger partial charge in [-0.1, -0.05) is 0 Å². The van der Waals surface area contributed by atoms with Crippen LogP contribution in [0.5, 0.6) is 0 Å². The largest absolute Gasteiger partial charge is 0.480 e. The summed E-state index contributed by atoms with van der Waals surface area (Å²) in [6.45, 7) is 1.54. The van der Waals surface area contributed by atoms with Gasteiger partial charge in [0.15, 0.2) is 0 Å². The van der Waals surface area contributed by atoms with Gasteiger partial charge in [-0.2, -0.15) is 5.10 Å². The van der Waals surface area contributed by atoms with Crippen molar-refractivity contribution in [2.45, 2.75) is 13.0 Å². The molecule has 1 heterocycles. The second-order valence-corrected chi connectivity index (χ2v) is 2.27. The Kier molecular flexibility index (Phi) is 1.80. The lowest BCUT2D eigenvalue weighted by Gasteiger charge is -2.04. The summed E-state index contributed by atoms with van der Waals surface area (Å²) in [5.41, 5.74) is 5.81. The molecule has 11 heavy (non-hydrogen) atoms. The Bertz CT molecular complexity index is 269. The van der Waals surface area contributed by atoms with Crippen LogP contribution in [-0.2, 0) is 4.79 Å². The van der Waals surface area contributed by atoms with E-state index in [9.17, 15) is 4.79 Å². The van der Waals surface area contributed by atoms with E-state index >= 15 is 0 Å². The summed E-state index contributed by atoms with van der Waals surface area (Å²) >= 11 is 0. The van der Waals surface area contributed by atoms with E-state index in [2.05, 4.69) is 5.10 Å². The van der Waals surface area contributed by atoms with Gasteiger partial charge in [0.25, 0.3) is 0 Å². The molecule has 1 rings (SSSR count). The quantitative estimate of drug-likeness (QED) is 0.635. The molecule has 0 spiro atoms. The van der Waals surface area contributed by atoms with Crippen molar-refractivity contribution in [3.8, 4) is 0 Å². The first-order valence-corrected chi connectivity index (χ1v) is 3.13. The van der Waals surface area contributed by atoms with Crippen LogP contribution >= 0.6 is 0 Å². The molecule has 0 unspecified atom stereocenters. The van der Waals surface area contributed by atoms with Crippen molar-refractivity contribution >= 4 is 11.7 Å². The van der Waals surface area contributed by atoms with Crippen LogP contribution in [0.3, 0.4) is 0 Å². The lowest BCUT2D eigenvalue weighted by atomic mass is 10.3. The summed E-state index contributed by atoms with van der Waals surface area (Å²) in [6, 6.07) is -0.660. The summed E-state index contributed by atoms with van der Waals surface area (Å²) in [5.74, 6) is -0.923. The molecule has 0 aliphatic carbocycles. The topological polar surface area (TPSA) is 81.1 Å². The summed E-state index contributed by atoms with van der Waals surface area (Å²) in [5, 5.41) is 12.3. The molecule has 60 valence electrons. The maximum absolute atomic E-state index is 10.4. The fourth-order valence-corrected chi connectivity index (χ4v) is 0.678. The van der Waals surface area contributed by atoms with Crippen LogP contribution in [0.2, 0.25) is 0 Å². The number of carbonyl (C=O) groups is 1. The highest BCUT2D eigenvalue weighted by atomic mass is 16.4. The van der Waals surface area contributed by atoms with E-state index in [1.54, 1.807) is 0 Å². The number of rotatable bonds is 2. The van der Waals surface area contributed by atoms with Gasteiger partial charge in [-0.25, -0.2) is 4.79 Å². The third kappa shape index (κ3) is 1.49. The van der Waals surface area contributed by atoms with Crippen LogP contribution in [0.1, 0.15) is 13.0 Å². The predicted octanol–water partition coefficient (Wildman–Crippen LogP) is 0.111. The van der Waals surface area contributed by atoms with E-state index in [0.29, 0.717) is 5.69 Å². The van der Waals surface area contributed by atoms with Crippen LogP contribution in [0.4, 0.5) is 5.69 Å². The first kappa shape index (κ1) is 7.59. The number of aromatic nitrogens is 2. The molecule has 0 amide bonds. The second kappa shape index (κ2) is 2.61. The summed E-state index contributed by atoms with van der Waals surface area (Å²) in [6.07, 6.45) is 2.90. The minimum Gasteiger partial charge on any atom is -0.480 e. The molecule has 0 bridgehead atoms. The molecule has 1 aromatic heterocycles. The van der Waals surface area contributed by atoms with Crippen molar-refractivity contribution in [1.82, 2.24) is 9.78 Å². The number of carboxylic acids is 1. The molecule has 0 radical (unpaired) electrons. The van der Waals surface area contributed by atoms with Crippen LogP contribution in [0.15, 0.2) is 12.4 Å².